The maximum absolute atomic E-state index is 11.6. The number of hydrogen-bond donors (Lipinski definition) is 2. The van der Waals surface area contributed by atoms with Crippen molar-refractivity contribution in [3.63, 3.8) is 0 Å². The Bertz CT molecular complexity index is 209. The van der Waals surface area contributed by atoms with Gasteiger partial charge in [-0.15, -0.1) is 0 Å². The first kappa shape index (κ1) is 9.97. The van der Waals surface area contributed by atoms with Gasteiger partial charge in [0.1, 0.15) is 0 Å². The first-order valence-electron chi connectivity index (χ1n) is 5.78. The second kappa shape index (κ2) is 3.89. The van der Waals surface area contributed by atoms with Crippen molar-refractivity contribution in [2.45, 2.75) is 51.1 Å². The minimum Gasteiger partial charge on any atom is -0.351 e. The summed E-state index contributed by atoms with van der Waals surface area (Å²) in [6.45, 7) is 1.95. The molecule has 2 rings (SSSR count). The highest BCUT2D eigenvalue weighted by molar-refractivity contribution is 5.81. The molecular weight excluding hydrogens is 176 g/mol. The van der Waals surface area contributed by atoms with Crippen LogP contribution < -0.4 is 11.1 Å². The third-order valence-electron chi connectivity index (χ3n) is 3.35. The van der Waals surface area contributed by atoms with E-state index in [0.717, 1.165) is 18.3 Å². The fourth-order valence-corrected chi connectivity index (χ4v) is 1.99. The van der Waals surface area contributed by atoms with E-state index in [1.165, 1.54) is 25.7 Å². The van der Waals surface area contributed by atoms with Crippen molar-refractivity contribution in [2.75, 3.05) is 0 Å². The first-order chi connectivity index (χ1) is 6.72. The lowest BCUT2D eigenvalue weighted by Gasteiger charge is -2.19. The molecular formula is C11H20N2O. The minimum atomic E-state index is -0.310. The summed E-state index contributed by atoms with van der Waals surface area (Å²) in [4.78, 5) is 11.6. The maximum atomic E-state index is 11.6. The Hall–Kier alpha value is -0.570. The Morgan fingerprint density at radius 1 is 1.36 bits per heavy atom. The summed E-state index contributed by atoms with van der Waals surface area (Å²) in [5.74, 6) is 1.57. The average molecular weight is 196 g/mol. The van der Waals surface area contributed by atoms with Crippen molar-refractivity contribution in [1.29, 1.82) is 0 Å². The van der Waals surface area contributed by atoms with Crippen molar-refractivity contribution >= 4 is 5.91 Å². The lowest BCUT2D eigenvalue weighted by atomic mass is 10.1. The summed E-state index contributed by atoms with van der Waals surface area (Å²) in [5.41, 5.74) is 5.69. The maximum Gasteiger partial charge on any atom is 0.237 e. The number of carbonyl (C=O) groups is 1. The molecule has 0 aromatic rings. The molecule has 1 atom stereocenters. The van der Waals surface area contributed by atoms with Gasteiger partial charge in [-0.05, 0) is 43.9 Å². The smallest absolute Gasteiger partial charge is 0.237 e. The molecule has 0 heterocycles. The largest absolute Gasteiger partial charge is 0.351 e. The third kappa shape index (κ3) is 2.27. The second-order valence-electron chi connectivity index (χ2n) is 4.72. The van der Waals surface area contributed by atoms with Crippen LogP contribution in [0, 0.1) is 11.8 Å². The van der Waals surface area contributed by atoms with E-state index in [1.54, 1.807) is 0 Å². The van der Waals surface area contributed by atoms with Crippen LogP contribution in [0.3, 0.4) is 0 Å². The van der Waals surface area contributed by atoms with Gasteiger partial charge in [0, 0.05) is 6.04 Å². The zero-order valence-corrected chi connectivity index (χ0v) is 8.83. The Kier molecular flexibility index (Phi) is 2.77. The molecule has 0 aromatic heterocycles. The summed E-state index contributed by atoms with van der Waals surface area (Å²) in [5, 5.41) is 3.13. The molecule has 80 valence electrons. The number of carbonyl (C=O) groups excluding carboxylic acids is 1. The zero-order valence-electron chi connectivity index (χ0n) is 8.83. The van der Waals surface area contributed by atoms with E-state index in [2.05, 4.69) is 5.32 Å². The van der Waals surface area contributed by atoms with Gasteiger partial charge in [-0.25, -0.2) is 0 Å². The molecule has 1 amide bonds. The van der Waals surface area contributed by atoms with E-state index in [-0.39, 0.29) is 11.9 Å². The van der Waals surface area contributed by atoms with Gasteiger partial charge in [0.25, 0.3) is 0 Å². The minimum absolute atomic E-state index is 0.0521. The summed E-state index contributed by atoms with van der Waals surface area (Å²) >= 11 is 0. The molecule has 0 spiro atoms. The van der Waals surface area contributed by atoms with Gasteiger partial charge in [-0.3, -0.25) is 4.79 Å². The fraction of sp³-hybridized carbons (Fsp3) is 0.909. The number of amides is 1. The van der Waals surface area contributed by atoms with E-state index < -0.39 is 0 Å². The Morgan fingerprint density at radius 3 is 2.21 bits per heavy atom. The fourth-order valence-electron chi connectivity index (χ4n) is 1.99. The highest BCUT2D eigenvalue weighted by Crippen LogP contribution is 2.44. The first-order valence-corrected chi connectivity index (χ1v) is 5.78. The summed E-state index contributed by atoms with van der Waals surface area (Å²) in [7, 11) is 0. The lowest BCUT2D eigenvalue weighted by Crippen LogP contribution is -2.46. The van der Waals surface area contributed by atoms with Gasteiger partial charge in [0.15, 0.2) is 0 Å². The van der Waals surface area contributed by atoms with Crippen molar-refractivity contribution in [1.82, 2.24) is 5.32 Å². The number of hydrogen-bond acceptors (Lipinski definition) is 2. The molecule has 0 aliphatic heterocycles. The second-order valence-corrected chi connectivity index (χ2v) is 4.72. The molecule has 0 unspecified atom stereocenters. The number of nitrogens with one attached hydrogen (secondary N) is 1. The van der Waals surface area contributed by atoms with Gasteiger partial charge in [-0.2, -0.15) is 0 Å². The van der Waals surface area contributed by atoms with Gasteiger partial charge < -0.3 is 11.1 Å². The molecule has 3 N–H and O–H groups in total. The van der Waals surface area contributed by atoms with Crippen LogP contribution in [0.5, 0.6) is 0 Å². The van der Waals surface area contributed by atoms with E-state index in [4.69, 9.17) is 5.73 Å². The van der Waals surface area contributed by atoms with Crippen molar-refractivity contribution in [3.05, 3.63) is 0 Å². The highest BCUT2D eigenvalue weighted by atomic mass is 16.2. The molecule has 0 saturated heterocycles. The summed E-state index contributed by atoms with van der Waals surface area (Å²) in [6.07, 6.45) is 5.91. The molecule has 0 bridgehead atoms. The predicted molar refractivity (Wildman–Crippen MR) is 55.6 cm³/mol. The Balaban J connectivity index is 1.83. The number of rotatable bonds is 5. The van der Waals surface area contributed by atoms with Crippen LogP contribution in [0.1, 0.15) is 39.0 Å². The van der Waals surface area contributed by atoms with Crippen molar-refractivity contribution < 1.29 is 4.79 Å². The molecule has 3 nitrogen and oxygen atoms in total. The standard InChI is InChI=1S/C11H20N2O/c1-2-9(12)11(14)13-10(7-3-4-7)8-5-6-8/h7-10H,2-6,12H2,1H3,(H,13,14)/t9-/m1/s1. The predicted octanol–water partition coefficient (Wildman–Crippen LogP) is 1.03. The van der Waals surface area contributed by atoms with Crippen LogP contribution in [0.4, 0.5) is 0 Å². The van der Waals surface area contributed by atoms with E-state index in [9.17, 15) is 4.79 Å². The topological polar surface area (TPSA) is 55.1 Å². The highest BCUT2D eigenvalue weighted by Gasteiger charge is 2.42. The quantitative estimate of drug-likeness (QED) is 0.690. The van der Waals surface area contributed by atoms with E-state index in [1.807, 2.05) is 6.92 Å². The molecule has 14 heavy (non-hydrogen) atoms. The van der Waals surface area contributed by atoms with Crippen LogP contribution >= 0.6 is 0 Å². The van der Waals surface area contributed by atoms with E-state index in [0.29, 0.717) is 6.04 Å². The van der Waals surface area contributed by atoms with Gasteiger partial charge in [0.05, 0.1) is 6.04 Å². The molecule has 2 aliphatic carbocycles. The molecule has 2 aliphatic rings. The van der Waals surface area contributed by atoms with Crippen LogP contribution in [0.2, 0.25) is 0 Å². The lowest BCUT2D eigenvalue weighted by molar-refractivity contribution is -0.123. The SMILES string of the molecule is CC[C@@H](N)C(=O)NC(C1CC1)C1CC1. The van der Waals surface area contributed by atoms with Crippen molar-refractivity contribution in [2.24, 2.45) is 17.6 Å². The van der Waals surface area contributed by atoms with Gasteiger partial charge in [-0.1, -0.05) is 6.92 Å². The van der Waals surface area contributed by atoms with Crippen LogP contribution in [-0.2, 0) is 4.79 Å². The molecule has 2 saturated carbocycles. The van der Waals surface area contributed by atoms with Gasteiger partial charge in [0.2, 0.25) is 5.91 Å². The Labute approximate surface area is 85.4 Å². The average Bonchev–Trinajstić information content (AvgIpc) is 3.04. The van der Waals surface area contributed by atoms with E-state index >= 15 is 0 Å². The molecule has 2 fully saturated rings. The molecule has 3 heteroatoms. The normalized spacial score (nSPS) is 23.6. The van der Waals surface area contributed by atoms with Crippen LogP contribution in [0.15, 0.2) is 0 Å². The monoisotopic (exact) mass is 196 g/mol. The zero-order chi connectivity index (χ0) is 10.1. The van der Waals surface area contributed by atoms with Crippen molar-refractivity contribution in [3.8, 4) is 0 Å². The number of nitrogens with two attached hydrogens (primary N) is 1. The Morgan fingerprint density at radius 2 is 1.86 bits per heavy atom. The van der Waals surface area contributed by atoms with Gasteiger partial charge >= 0.3 is 0 Å². The summed E-state index contributed by atoms with van der Waals surface area (Å²) in [6, 6.07) is 0.134. The van der Waals surface area contributed by atoms with Crippen LogP contribution in [0.25, 0.3) is 0 Å². The third-order valence-corrected chi connectivity index (χ3v) is 3.35. The molecule has 0 radical (unpaired) electrons. The van der Waals surface area contributed by atoms with Crippen LogP contribution in [-0.4, -0.2) is 18.0 Å². The summed E-state index contributed by atoms with van der Waals surface area (Å²) < 4.78 is 0. The molecule has 0 aromatic carbocycles.